The van der Waals surface area contributed by atoms with E-state index in [1.807, 2.05) is 14.1 Å². The van der Waals surface area contributed by atoms with Crippen molar-refractivity contribution in [2.75, 3.05) is 46.8 Å². The van der Waals surface area contributed by atoms with E-state index in [0.717, 1.165) is 38.8 Å². The molecule has 2 aliphatic rings. The standard InChI is InChI=1S/C14H30N4O2S/c1-4-15-11-13-7-5-6-9-18(13)21(19,20)17-10-8-14(12-17)16(2)3/h13-15H,4-12H2,1-3H3. The summed E-state index contributed by atoms with van der Waals surface area (Å²) in [6.07, 6.45) is 4.00. The number of hydrogen-bond acceptors (Lipinski definition) is 4. The zero-order valence-electron chi connectivity index (χ0n) is 13.6. The van der Waals surface area contributed by atoms with Gasteiger partial charge in [-0.05, 0) is 39.9 Å². The molecule has 0 amide bonds. The summed E-state index contributed by atoms with van der Waals surface area (Å²) in [6, 6.07) is 0.457. The fourth-order valence-electron chi connectivity index (χ4n) is 3.28. The average molecular weight is 318 g/mol. The normalized spacial score (nSPS) is 29.3. The van der Waals surface area contributed by atoms with Crippen molar-refractivity contribution in [3.8, 4) is 0 Å². The first-order valence-electron chi connectivity index (χ1n) is 8.11. The predicted octanol–water partition coefficient (Wildman–Crippen LogP) is 0.331. The first-order valence-corrected chi connectivity index (χ1v) is 9.50. The van der Waals surface area contributed by atoms with E-state index >= 15 is 0 Å². The second kappa shape index (κ2) is 7.37. The Morgan fingerprint density at radius 1 is 1.19 bits per heavy atom. The first-order chi connectivity index (χ1) is 9.96. The van der Waals surface area contributed by atoms with Crippen molar-refractivity contribution in [2.24, 2.45) is 0 Å². The molecular weight excluding hydrogens is 288 g/mol. The van der Waals surface area contributed by atoms with Crippen LogP contribution in [0.4, 0.5) is 0 Å². The van der Waals surface area contributed by atoms with Gasteiger partial charge in [-0.1, -0.05) is 13.3 Å². The van der Waals surface area contributed by atoms with Crippen molar-refractivity contribution in [2.45, 2.75) is 44.7 Å². The molecule has 2 unspecified atom stereocenters. The van der Waals surface area contributed by atoms with Crippen LogP contribution in [0.25, 0.3) is 0 Å². The van der Waals surface area contributed by atoms with Crippen molar-refractivity contribution >= 4 is 10.2 Å². The van der Waals surface area contributed by atoms with Crippen LogP contribution in [0.15, 0.2) is 0 Å². The Morgan fingerprint density at radius 3 is 2.57 bits per heavy atom. The van der Waals surface area contributed by atoms with Gasteiger partial charge in [-0.25, -0.2) is 0 Å². The average Bonchev–Trinajstić information content (AvgIpc) is 2.96. The molecule has 6 nitrogen and oxygen atoms in total. The molecule has 0 radical (unpaired) electrons. The Labute approximate surface area is 129 Å². The molecule has 2 atom stereocenters. The van der Waals surface area contributed by atoms with Crippen LogP contribution in [-0.4, -0.2) is 80.8 Å². The maximum atomic E-state index is 12.9. The Bertz CT molecular complexity index is 427. The van der Waals surface area contributed by atoms with E-state index in [-0.39, 0.29) is 6.04 Å². The Kier molecular flexibility index (Phi) is 6.02. The molecule has 0 aromatic heterocycles. The van der Waals surface area contributed by atoms with E-state index in [0.29, 0.717) is 25.7 Å². The molecule has 0 spiro atoms. The van der Waals surface area contributed by atoms with Crippen molar-refractivity contribution in [3.63, 3.8) is 0 Å². The SMILES string of the molecule is CCNCC1CCCCN1S(=O)(=O)N1CCC(N(C)C)C1. The lowest BCUT2D eigenvalue weighted by Crippen LogP contribution is -2.53. The van der Waals surface area contributed by atoms with E-state index < -0.39 is 10.2 Å². The van der Waals surface area contributed by atoms with Crippen molar-refractivity contribution in [3.05, 3.63) is 0 Å². The lowest BCUT2D eigenvalue weighted by Gasteiger charge is -2.37. The van der Waals surface area contributed by atoms with Crippen molar-refractivity contribution in [1.82, 2.24) is 18.8 Å². The molecule has 0 bridgehead atoms. The summed E-state index contributed by atoms with van der Waals surface area (Å²) in [7, 11) is 0.739. The summed E-state index contributed by atoms with van der Waals surface area (Å²) in [5.74, 6) is 0. The van der Waals surface area contributed by atoms with Gasteiger partial charge in [-0.2, -0.15) is 17.0 Å². The molecule has 2 aliphatic heterocycles. The molecule has 2 rings (SSSR count). The third kappa shape index (κ3) is 3.96. The largest absolute Gasteiger partial charge is 0.315 e. The summed E-state index contributed by atoms with van der Waals surface area (Å²) < 4.78 is 29.3. The molecule has 2 heterocycles. The number of hydrogen-bond donors (Lipinski definition) is 1. The lowest BCUT2D eigenvalue weighted by atomic mass is 10.1. The maximum Gasteiger partial charge on any atom is 0.282 e. The van der Waals surface area contributed by atoms with Gasteiger partial charge < -0.3 is 10.2 Å². The van der Waals surface area contributed by atoms with E-state index in [1.54, 1.807) is 8.61 Å². The second-order valence-electron chi connectivity index (χ2n) is 6.34. The van der Waals surface area contributed by atoms with Crippen LogP contribution in [0.3, 0.4) is 0 Å². The lowest BCUT2D eigenvalue weighted by molar-refractivity contribution is 0.228. The predicted molar refractivity (Wildman–Crippen MR) is 85.5 cm³/mol. The van der Waals surface area contributed by atoms with Crippen LogP contribution in [0.2, 0.25) is 0 Å². The Hall–Kier alpha value is -0.210. The monoisotopic (exact) mass is 318 g/mol. The molecule has 7 heteroatoms. The van der Waals surface area contributed by atoms with E-state index in [2.05, 4.69) is 17.1 Å². The maximum absolute atomic E-state index is 12.9. The topological polar surface area (TPSA) is 55.9 Å². The van der Waals surface area contributed by atoms with Crippen LogP contribution < -0.4 is 5.32 Å². The molecule has 2 fully saturated rings. The van der Waals surface area contributed by atoms with Gasteiger partial charge in [0.05, 0.1) is 0 Å². The van der Waals surface area contributed by atoms with Crippen molar-refractivity contribution < 1.29 is 8.42 Å². The zero-order valence-corrected chi connectivity index (χ0v) is 14.4. The highest BCUT2D eigenvalue weighted by Gasteiger charge is 2.39. The van der Waals surface area contributed by atoms with Crippen LogP contribution in [-0.2, 0) is 10.2 Å². The Balaban J connectivity index is 2.06. The molecule has 0 saturated carbocycles. The minimum absolute atomic E-state index is 0.113. The fraction of sp³-hybridized carbons (Fsp3) is 1.00. The Morgan fingerprint density at radius 2 is 1.95 bits per heavy atom. The summed E-state index contributed by atoms with van der Waals surface area (Å²) >= 11 is 0. The van der Waals surface area contributed by atoms with Crippen LogP contribution >= 0.6 is 0 Å². The first kappa shape index (κ1) is 17.1. The van der Waals surface area contributed by atoms with Gasteiger partial charge in [0, 0.05) is 38.3 Å². The molecule has 21 heavy (non-hydrogen) atoms. The molecular formula is C14H30N4O2S. The van der Waals surface area contributed by atoms with Gasteiger partial charge >= 0.3 is 0 Å². The van der Waals surface area contributed by atoms with Crippen LogP contribution in [0, 0.1) is 0 Å². The van der Waals surface area contributed by atoms with Crippen LogP contribution in [0.5, 0.6) is 0 Å². The van der Waals surface area contributed by atoms with Crippen molar-refractivity contribution in [1.29, 1.82) is 0 Å². The number of rotatable bonds is 6. The summed E-state index contributed by atoms with van der Waals surface area (Å²) in [6.45, 7) is 5.65. The molecule has 124 valence electrons. The molecule has 0 aliphatic carbocycles. The second-order valence-corrected chi connectivity index (χ2v) is 8.22. The zero-order chi connectivity index (χ0) is 15.5. The van der Waals surface area contributed by atoms with Crippen LogP contribution in [0.1, 0.15) is 32.6 Å². The summed E-state index contributed by atoms with van der Waals surface area (Å²) in [4.78, 5) is 2.13. The van der Waals surface area contributed by atoms with Gasteiger partial charge in [0.1, 0.15) is 0 Å². The number of piperidine rings is 1. The van der Waals surface area contributed by atoms with Gasteiger partial charge in [-0.15, -0.1) is 0 Å². The minimum Gasteiger partial charge on any atom is -0.315 e. The van der Waals surface area contributed by atoms with Gasteiger partial charge in [-0.3, -0.25) is 0 Å². The highest BCUT2D eigenvalue weighted by Crippen LogP contribution is 2.25. The third-order valence-electron chi connectivity index (χ3n) is 4.68. The number of nitrogens with one attached hydrogen (secondary N) is 1. The van der Waals surface area contributed by atoms with E-state index in [1.165, 1.54) is 0 Å². The molecule has 2 saturated heterocycles. The number of likely N-dealkylation sites (N-methyl/N-ethyl adjacent to an activating group) is 2. The van der Waals surface area contributed by atoms with Gasteiger partial charge in [0.2, 0.25) is 0 Å². The fourth-order valence-corrected chi connectivity index (χ4v) is 5.19. The third-order valence-corrected chi connectivity index (χ3v) is 6.74. The molecule has 0 aromatic carbocycles. The van der Waals surface area contributed by atoms with E-state index in [4.69, 9.17) is 0 Å². The quantitative estimate of drug-likeness (QED) is 0.767. The van der Waals surface area contributed by atoms with Gasteiger partial charge in [0.15, 0.2) is 0 Å². The smallest absolute Gasteiger partial charge is 0.282 e. The van der Waals surface area contributed by atoms with Gasteiger partial charge in [0.25, 0.3) is 10.2 Å². The van der Waals surface area contributed by atoms with E-state index in [9.17, 15) is 8.42 Å². The highest BCUT2D eigenvalue weighted by atomic mass is 32.2. The number of nitrogens with zero attached hydrogens (tertiary/aromatic N) is 3. The molecule has 1 N–H and O–H groups in total. The summed E-state index contributed by atoms with van der Waals surface area (Å²) in [5, 5.41) is 3.30. The molecule has 0 aromatic rings. The summed E-state index contributed by atoms with van der Waals surface area (Å²) in [5.41, 5.74) is 0. The highest BCUT2D eigenvalue weighted by molar-refractivity contribution is 7.86. The minimum atomic E-state index is -3.31.